The van der Waals surface area contributed by atoms with Gasteiger partial charge in [0.1, 0.15) is 0 Å². The molecule has 3 aromatic rings. The van der Waals surface area contributed by atoms with Crippen LogP contribution in [0.5, 0.6) is 0 Å². The van der Waals surface area contributed by atoms with Gasteiger partial charge in [-0.2, -0.15) is 0 Å². The van der Waals surface area contributed by atoms with Crippen LogP contribution in [0, 0.1) is 0 Å². The van der Waals surface area contributed by atoms with Gasteiger partial charge in [0.15, 0.2) is 0 Å². The quantitative estimate of drug-likeness (QED) is 0.704. The largest absolute Gasteiger partial charge is 0.378 e. The number of aromatic nitrogens is 2. The van der Waals surface area contributed by atoms with Crippen molar-refractivity contribution < 1.29 is 9.53 Å². The molecule has 0 bridgehead atoms. The Morgan fingerprint density at radius 2 is 1.55 bits per heavy atom. The molecule has 164 valence electrons. The molecule has 7 nitrogen and oxygen atoms in total. The standard InChI is InChI=1S/C24H30N4O3/c1-24(2,3)17-8-6-16(7-9-17)22(29)25-18-14-20-21(27(5)23(30)26(20)4)15-19(18)28-10-12-31-13-11-28/h6-9,14-15H,10-13H2,1-5H3,(H,25,29). The monoisotopic (exact) mass is 422 g/mol. The van der Waals surface area contributed by atoms with Crippen LogP contribution in [0.25, 0.3) is 11.0 Å². The summed E-state index contributed by atoms with van der Waals surface area (Å²) in [6.45, 7) is 9.17. The van der Waals surface area contributed by atoms with Crippen molar-refractivity contribution in [3.05, 3.63) is 58.0 Å². The summed E-state index contributed by atoms with van der Waals surface area (Å²) in [7, 11) is 3.51. The Bertz CT molecular complexity index is 1180. The van der Waals surface area contributed by atoms with Crippen molar-refractivity contribution in [1.29, 1.82) is 0 Å². The van der Waals surface area contributed by atoms with E-state index >= 15 is 0 Å². The summed E-state index contributed by atoms with van der Waals surface area (Å²) in [5.74, 6) is -0.171. The predicted octanol–water partition coefficient (Wildman–Crippen LogP) is 3.26. The van der Waals surface area contributed by atoms with E-state index in [2.05, 4.69) is 31.0 Å². The Balaban J connectivity index is 1.73. The summed E-state index contributed by atoms with van der Waals surface area (Å²) in [6.07, 6.45) is 0. The van der Waals surface area contributed by atoms with Gasteiger partial charge in [-0.15, -0.1) is 0 Å². The van der Waals surface area contributed by atoms with Gasteiger partial charge in [-0.05, 0) is 35.2 Å². The topological polar surface area (TPSA) is 68.5 Å². The van der Waals surface area contributed by atoms with Crippen molar-refractivity contribution in [3.8, 4) is 0 Å². The number of carbonyl (C=O) groups excluding carboxylic acids is 1. The minimum Gasteiger partial charge on any atom is -0.378 e. The third-order valence-electron chi connectivity index (χ3n) is 6.00. The molecule has 2 aromatic carbocycles. The number of fused-ring (bicyclic) bond motifs is 1. The zero-order valence-corrected chi connectivity index (χ0v) is 18.9. The molecule has 0 atom stereocenters. The van der Waals surface area contributed by atoms with Gasteiger partial charge in [-0.3, -0.25) is 13.9 Å². The summed E-state index contributed by atoms with van der Waals surface area (Å²) in [4.78, 5) is 27.7. The molecule has 1 N–H and O–H groups in total. The molecule has 2 heterocycles. The second-order valence-corrected chi connectivity index (χ2v) is 9.14. The van der Waals surface area contributed by atoms with Crippen LogP contribution in [0.1, 0.15) is 36.7 Å². The predicted molar refractivity (Wildman–Crippen MR) is 124 cm³/mol. The van der Waals surface area contributed by atoms with E-state index in [1.54, 1.807) is 23.2 Å². The number of benzene rings is 2. The zero-order valence-electron chi connectivity index (χ0n) is 18.9. The van der Waals surface area contributed by atoms with E-state index < -0.39 is 0 Å². The number of morpholine rings is 1. The fourth-order valence-corrected chi connectivity index (χ4v) is 4.02. The highest BCUT2D eigenvalue weighted by Crippen LogP contribution is 2.32. The lowest BCUT2D eigenvalue weighted by Crippen LogP contribution is -2.36. The molecule has 1 amide bonds. The Hall–Kier alpha value is -3.06. The fourth-order valence-electron chi connectivity index (χ4n) is 4.02. The number of nitrogens with zero attached hydrogens (tertiary/aromatic N) is 3. The summed E-state index contributed by atoms with van der Waals surface area (Å²) in [6, 6.07) is 11.6. The van der Waals surface area contributed by atoms with E-state index in [0.29, 0.717) is 24.5 Å². The number of rotatable bonds is 3. The molecule has 0 unspecified atom stereocenters. The number of hydrogen-bond acceptors (Lipinski definition) is 4. The molecule has 31 heavy (non-hydrogen) atoms. The maximum atomic E-state index is 13.1. The first kappa shape index (κ1) is 21.2. The highest BCUT2D eigenvalue weighted by molar-refractivity contribution is 6.07. The molecular weight excluding hydrogens is 392 g/mol. The van der Waals surface area contributed by atoms with Crippen LogP contribution in [0.4, 0.5) is 11.4 Å². The van der Waals surface area contributed by atoms with Crippen LogP contribution in [0.2, 0.25) is 0 Å². The molecule has 1 aliphatic rings. The van der Waals surface area contributed by atoms with Crippen LogP contribution in [0.3, 0.4) is 0 Å². The van der Waals surface area contributed by atoms with Crippen LogP contribution in [0.15, 0.2) is 41.2 Å². The lowest BCUT2D eigenvalue weighted by Gasteiger charge is -2.30. The van der Waals surface area contributed by atoms with Gasteiger partial charge < -0.3 is 15.0 Å². The van der Waals surface area contributed by atoms with Gasteiger partial charge in [0.25, 0.3) is 5.91 Å². The van der Waals surface area contributed by atoms with Gasteiger partial charge in [0, 0.05) is 32.7 Å². The van der Waals surface area contributed by atoms with E-state index in [1.165, 1.54) is 5.56 Å². The summed E-state index contributed by atoms with van der Waals surface area (Å²) in [5, 5.41) is 3.08. The molecular formula is C24H30N4O3. The maximum Gasteiger partial charge on any atom is 0.328 e. The minimum absolute atomic E-state index is 0.0294. The highest BCUT2D eigenvalue weighted by Gasteiger charge is 2.21. The number of carbonyl (C=O) groups is 1. The van der Waals surface area contributed by atoms with Gasteiger partial charge >= 0.3 is 5.69 Å². The van der Waals surface area contributed by atoms with Crippen molar-refractivity contribution in [2.75, 3.05) is 36.5 Å². The fraction of sp³-hybridized carbons (Fsp3) is 0.417. The maximum absolute atomic E-state index is 13.1. The third kappa shape index (κ3) is 3.97. The Morgan fingerprint density at radius 3 is 2.13 bits per heavy atom. The Morgan fingerprint density at radius 1 is 0.968 bits per heavy atom. The number of imidazole rings is 1. The molecule has 1 saturated heterocycles. The molecule has 4 rings (SSSR count). The first-order chi connectivity index (χ1) is 14.7. The number of hydrogen-bond donors (Lipinski definition) is 1. The van der Waals surface area contributed by atoms with Crippen LogP contribution in [-0.4, -0.2) is 41.3 Å². The smallest absolute Gasteiger partial charge is 0.328 e. The first-order valence-corrected chi connectivity index (χ1v) is 10.6. The molecule has 1 aromatic heterocycles. The average Bonchev–Trinajstić information content (AvgIpc) is 2.97. The number of anilines is 2. The number of nitrogens with one attached hydrogen (secondary N) is 1. The van der Waals surface area contributed by atoms with Gasteiger partial charge in [-0.1, -0.05) is 32.9 Å². The highest BCUT2D eigenvalue weighted by atomic mass is 16.5. The van der Waals surface area contributed by atoms with Crippen molar-refractivity contribution in [3.63, 3.8) is 0 Å². The lowest BCUT2D eigenvalue weighted by molar-refractivity contribution is 0.102. The number of amides is 1. The third-order valence-corrected chi connectivity index (χ3v) is 6.00. The van der Waals surface area contributed by atoms with Crippen molar-refractivity contribution in [2.45, 2.75) is 26.2 Å². The molecule has 7 heteroatoms. The molecule has 0 saturated carbocycles. The normalized spacial score (nSPS) is 14.8. The molecule has 0 radical (unpaired) electrons. The molecule has 1 aliphatic heterocycles. The zero-order chi connectivity index (χ0) is 22.3. The van der Waals surface area contributed by atoms with E-state index in [9.17, 15) is 9.59 Å². The van der Waals surface area contributed by atoms with Gasteiger partial charge in [0.05, 0.1) is 35.6 Å². The van der Waals surface area contributed by atoms with Gasteiger partial charge in [-0.25, -0.2) is 4.79 Å². The first-order valence-electron chi connectivity index (χ1n) is 10.6. The number of ether oxygens (including phenoxy) is 1. The van der Waals surface area contributed by atoms with Crippen molar-refractivity contribution in [1.82, 2.24) is 9.13 Å². The number of aryl methyl sites for hydroxylation is 2. The van der Waals surface area contributed by atoms with Crippen LogP contribution in [-0.2, 0) is 24.2 Å². The molecule has 0 aliphatic carbocycles. The van der Waals surface area contributed by atoms with E-state index in [0.717, 1.165) is 29.8 Å². The minimum atomic E-state index is -0.171. The summed E-state index contributed by atoms with van der Waals surface area (Å²) in [5.41, 5.74) is 4.93. The average molecular weight is 423 g/mol. The van der Waals surface area contributed by atoms with E-state index in [1.807, 2.05) is 36.4 Å². The van der Waals surface area contributed by atoms with Crippen LogP contribution >= 0.6 is 0 Å². The molecule has 0 spiro atoms. The molecule has 1 fully saturated rings. The van der Waals surface area contributed by atoms with Gasteiger partial charge in [0.2, 0.25) is 0 Å². The van der Waals surface area contributed by atoms with Crippen molar-refractivity contribution in [2.24, 2.45) is 14.1 Å². The Labute approximate surface area is 182 Å². The summed E-state index contributed by atoms with van der Waals surface area (Å²) < 4.78 is 8.73. The summed E-state index contributed by atoms with van der Waals surface area (Å²) >= 11 is 0. The Kier molecular flexibility index (Phi) is 5.39. The van der Waals surface area contributed by atoms with E-state index in [-0.39, 0.29) is 17.0 Å². The SMILES string of the molecule is Cn1c(=O)n(C)c2cc(N3CCOCC3)c(NC(=O)c3ccc(C(C)(C)C)cc3)cc21. The second kappa shape index (κ2) is 7.89. The van der Waals surface area contributed by atoms with Crippen LogP contribution < -0.4 is 15.9 Å². The second-order valence-electron chi connectivity index (χ2n) is 9.14. The lowest BCUT2D eigenvalue weighted by atomic mass is 9.87. The van der Waals surface area contributed by atoms with Crippen molar-refractivity contribution >= 4 is 28.3 Å². The van der Waals surface area contributed by atoms with E-state index in [4.69, 9.17) is 4.74 Å².